The Morgan fingerprint density at radius 3 is 2.27 bits per heavy atom. The van der Waals surface area contributed by atoms with Crippen LogP contribution in [0.25, 0.3) is 0 Å². The van der Waals surface area contributed by atoms with E-state index < -0.39 is 30.2 Å². The average molecular weight is 404 g/mol. The number of cyclic esters (lactones) is 1. The third-order valence-electron chi connectivity index (χ3n) is 5.09. The van der Waals surface area contributed by atoms with Crippen molar-refractivity contribution in [2.24, 2.45) is 0 Å². The Morgan fingerprint density at radius 2 is 1.63 bits per heavy atom. The molecule has 0 N–H and O–H groups in total. The minimum atomic E-state index is -0.710. The molecule has 0 saturated carbocycles. The van der Waals surface area contributed by atoms with Crippen molar-refractivity contribution in [2.75, 3.05) is 13.7 Å². The lowest BCUT2D eigenvalue weighted by Gasteiger charge is -2.30. The molecule has 0 bridgehead atoms. The second-order valence-electron chi connectivity index (χ2n) is 6.85. The Morgan fingerprint density at radius 1 is 1.00 bits per heavy atom. The first-order chi connectivity index (χ1) is 14.6. The molecule has 1 unspecified atom stereocenters. The highest BCUT2D eigenvalue weighted by Gasteiger charge is 2.40. The van der Waals surface area contributed by atoms with E-state index in [2.05, 4.69) is 0 Å². The van der Waals surface area contributed by atoms with Crippen molar-refractivity contribution in [3.63, 3.8) is 0 Å². The molecule has 0 spiro atoms. The number of imide groups is 1. The molecule has 2 aromatic carbocycles. The molecule has 2 atom stereocenters. The average Bonchev–Trinajstić information content (AvgIpc) is 3.20. The van der Waals surface area contributed by atoms with Crippen LogP contribution in [0, 0.1) is 0 Å². The van der Waals surface area contributed by atoms with Crippen LogP contribution in [0.2, 0.25) is 0 Å². The van der Waals surface area contributed by atoms with Crippen LogP contribution in [0.3, 0.4) is 0 Å². The minimum absolute atomic E-state index is 0.0823. The van der Waals surface area contributed by atoms with Gasteiger partial charge in [0.1, 0.15) is 12.6 Å². The number of carbonyl (C=O) groups is 3. The zero-order valence-electron chi connectivity index (χ0n) is 16.3. The van der Waals surface area contributed by atoms with E-state index in [1.54, 1.807) is 12.2 Å². The molecular weight excluding hydrogens is 384 g/mol. The lowest BCUT2D eigenvalue weighted by molar-refractivity contribution is -0.125. The maximum absolute atomic E-state index is 13.2. The van der Waals surface area contributed by atoms with Gasteiger partial charge in [-0.1, -0.05) is 66.7 Å². The van der Waals surface area contributed by atoms with Crippen molar-refractivity contribution in [3.05, 3.63) is 95.7 Å². The van der Waals surface area contributed by atoms with E-state index in [0.717, 1.165) is 16.0 Å². The van der Waals surface area contributed by atoms with Crippen LogP contribution in [-0.4, -0.2) is 41.6 Å². The van der Waals surface area contributed by atoms with Crippen molar-refractivity contribution in [2.45, 2.75) is 12.1 Å². The van der Waals surface area contributed by atoms with Crippen LogP contribution >= 0.6 is 0 Å². The monoisotopic (exact) mass is 404 g/mol. The number of methoxy groups -OCH3 is 1. The van der Waals surface area contributed by atoms with Gasteiger partial charge in [0, 0.05) is 6.20 Å². The standard InChI is InChI=1S/C23H20N2O5/c1-29-22(27)24-14-18(12-13-19(24)16-8-4-2-5-9-16)21(26)25-20(15-30-23(25)28)17-10-6-3-7-11-17/h2-14,19-20H,15H2,1H3/t19?,20-/m1/s1. The molecule has 4 rings (SSSR count). The van der Waals surface area contributed by atoms with Gasteiger partial charge in [-0.3, -0.25) is 9.69 Å². The van der Waals surface area contributed by atoms with Crippen molar-refractivity contribution in [1.29, 1.82) is 0 Å². The maximum atomic E-state index is 13.2. The summed E-state index contributed by atoms with van der Waals surface area (Å²) in [6.07, 6.45) is 3.45. The normalized spacial score (nSPS) is 20.6. The molecule has 1 saturated heterocycles. The van der Waals surface area contributed by atoms with Gasteiger partial charge >= 0.3 is 12.2 Å². The zero-order valence-corrected chi connectivity index (χ0v) is 16.3. The molecule has 152 valence electrons. The van der Waals surface area contributed by atoms with E-state index in [-0.39, 0.29) is 12.2 Å². The summed E-state index contributed by atoms with van der Waals surface area (Å²) >= 11 is 0. The maximum Gasteiger partial charge on any atom is 0.417 e. The topological polar surface area (TPSA) is 76.2 Å². The molecule has 2 heterocycles. The summed E-state index contributed by atoms with van der Waals surface area (Å²) in [6, 6.07) is 17.6. The summed E-state index contributed by atoms with van der Waals surface area (Å²) in [5.74, 6) is -0.539. The summed E-state index contributed by atoms with van der Waals surface area (Å²) in [6.45, 7) is 0.0823. The zero-order chi connectivity index (χ0) is 21.1. The van der Waals surface area contributed by atoms with Gasteiger partial charge in [0.05, 0.1) is 18.7 Å². The number of benzene rings is 2. The number of hydrogen-bond acceptors (Lipinski definition) is 5. The lowest BCUT2D eigenvalue weighted by atomic mass is 10.00. The second kappa shape index (κ2) is 8.24. The van der Waals surface area contributed by atoms with Gasteiger partial charge in [-0.25, -0.2) is 14.5 Å². The summed E-state index contributed by atoms with van der Waals surface area (Å²) < 4.78 is 10.0. The molecule has 2 aromatic rings. The molecule has 0 radical (unpaired) electrons. The predicted octanol–water partition coefficient (Wildman–Crippen LogP) is 3.97. The quantitative estimate of drug-likeness (QED) is 0.774. The van der Waals surface area contributed by atoms with E-state index in [4.69, 9.17) is 9.47 Å². The van der Waals surface area contributed by atoms with E-state index >= 15 is 0 Å². The molecule has 7 nitrogen and oxygen atoms in total. The van der Waals surface area contributed by atoms with Gasteiger partial charge in [-0.15, -0.1) is 0 Å². The van der Waals surface area contributed by atoms with E-state index in [9.17, 15) is 14.4 Å². The second-order valence-corrected chi connectivity index (χ2v) is 6.85. The molecule has 2 aliphatic rings. The molecule has 0 aromatic heterocycles. The first kappa shape index (κ1) is 19.4. The van der Waals surface area contributed by atoms with Gasteiger partial charge in [0.25, 0.3) is 5.91 Å². The number of carbonyl (C=O) groups excluding carboxylic acids is 3. The summed E-state index contributed by atoms with van der Waals surface area (Å²) in [5.41, 5.74) is 1.85. The fraction of sp³-hybridized carbons (Fsp3) is 0.174. The molecule has 2 aliphatic heterocycles. The summed E-state index contributed by atoms with van der Waals surface area (Å²) in [4.78, 5) is 40.4. The number of hydrogen-bond donors (Lipinski definition) is 0. The SMILES string of the molecule is COC(=O)N1C=C(C(=O)N2C(=O)OC[C@@H]2c2ccccc2)C=CC1c1ccccc1. The van der Waals surface area contributed by atoms with Gasteiger partial charge in [-0.2, -0.15) is 0 Å². The molecular formula is C23H20N2O5. The number of ether oxygens (including phenoxy) is 2. The van der Waals surface area contributed by atoms with E-state index in [1.807, 2.05) is 60.7 Å². The largest absolute Gasteiger partial charge is 0.452 e. The summed E-state index contributed by atoms with van der Waals surface area (Å²) in [5, 5.41) is 0. The number of nitrogens with zero attached hydrogens (tertiary/aromatic N) is 2. The van der Waals surface area contributed by atoms with Crippen molar-refractivity contribution in [1.82, 2.24) is 9.80 Å². The van der Waals surface area contributed by atoms with Gasteiger partial charge in [-0.05, 0) is 17.2 Å². The van der Waals surface area contributed by atoms with Gasteiger partial charge in [0.15, 0.2) is 0 Å². The molecule has 0 aliphatic carbocycles. The van der Waals surface area contributed by atoms with Crippen LogP contribution < -0.4 is 0 Å². The first-order valence-electron chi connectivity index (χ1n) is 9.46. The Labute approximate surface area is 173 Å². The van der Waals surface area contributed by atoms with Crippen molar-refractivity contribution >= 4 is 18.1 Å². The van der Waals surface area contributed by atoms with Crippen molar-refractivity contribution in [3.8, 4) is 0 Å². The van der Waals surface area contributed by atoms with Gasteiger partial charge in [0.2, 0.25) is 0 Å². The molecule has 3 amide bonds. The first-order valence-corrected chi connectivity index (χ1v) is 9.46. The van der Waals surface area contributed by atoms with Crippen molar-refractivity contribution < 1.29 is 23.9 Å². The smallest absolute Gasteiger partial charge is 0.417 e. The van der Waals surface area contributed by atoms with E-state index in [1.165, 1.54) is 18.2 Å². The fourth-order valence-corrected chi connectivity index (χ4v) is 3.59. The van der Waals surface area contributed by atoms with Crippen LogP contribution in [0.5, 0.6) is 0 Å². The molecule has 7 heteroatoms. The number of amides is 3. The highest BCUT2D eigenvalue weighted by molar-refractivity contribution is 6.05. The number of rotatable bonds is 3. The predicted molar refractivity (Wildman–Crippen MR) is 108 cm³/mol. The summed E-state index contributed by atoms with van der Waals surface area (Å²) in [7, 11) is 1.28. The highest BCUT2D eigenvalue weighted by Crippen LogP contribution is 2.33. The third-order valence-corrected chi connectivity index (χ3v) is 5.09. The van der Waals surface area contributed by atoms with Crippen LogP contribution in [-0.2, 0) is 14.3 Å². The minimum Gasteiger partial charge on any atom is -0.452 e. The van der Waals surface area contributed by atoms with Crippen LogP contribution in [0.4, 0.5) is 9.59 Å². The fourth-order valence-electron chi connectivity index (χ4n) is 3.59. The Balaban J connectivity index is 1.65. The Kier molecular flexibility index (Phi) is 5.34. The van der Waals surface area contributed by atoms with Crippen LogP contribution in [0.1, 0.15) is 23.2 Å². The molecule has 30 heavy (non-hydrogen) atoms. The third kappa shape index (κ3) is 3.57. The highest BCUT2D eigenvalue weighted by atomic mass is 16.6. The Bertz CT molecular complexity index is 1020. The van der Waals surface area contributed by atoms with E-state index in [0.29, 0.717) is 0 Å². The Hall–Kier alpha value is -3.87. The molecule has 1 fully saturated rings. The van der Waals surface area contributed by atoms with Gasteiger partial charge < -0.3 is 9.47 Å². The van der Waals surface area contributed by atoms with Crippen LogP contribution in [0.15, 0.2) is 84.6 Å². The lowest BCUT2D eigenvalue weighted by Crippen LogP contribution is -2.38.